The molecule has 1 aliphatic rings. The predicted molar refractivity (Wildman–Crippen MR) is 98.8 cm³/mol. The summed E-state index contributed by atoms with van der Waals surface area (Å²) in [7, 11) is 3.16. The first-order chi connectivity index (χ1) is 12.2. The largest absolute Gasteiger partial charge is 0.493 e. The Hall–Kier alpha value is -2.89. The molecule has 1 fully saturated rings. The Labute approximate surface area is 147 Å². The normalized spacial score (nSPS) is 14.2. The van der Waals surface area contributed by atoms with E-state index in [0.29, 0.717) is 30.3 Å². The number of carbonyl (C=O) groups is 1. The Morgan fingerprint density at radius 3 is 2.24 bits per heavy atom. The highest BCUT2D eigenvalue weighted by atomic mass is 16.5. The molecule has 2 aromatic rings. The van der Waals surface area contributed by atoms with Gasteiger partial charge in [0.25, 0.3) is 0 Å². The van der Waals surface area contributed by atoms with E-state index in [2.05, 4.69) is 22.3 Å². The minimum absolute atomic E-state index is 0.0973. The summed E-state index contributed by atoms with van der Waals surface area (Å²) < 4.78 is 10.5. The number of carbonyl (C=O) groups excluding carboxylic acids is 1. The van der Waals surface area contributed by atoms with Crippen molar-refractivity contribution in [3.63, 3.8) is 0 Å². The van der Waals surface area contributed by atoms with Crippen molar-refractivity contribution >= 4 is 17.4 Å². The third kappa shape index (κ3) is 3.96. The average molecular weight is 341 g/mol. The minimum atomic E-state index is -0.0973. The van der Waals surface area contributed by atoms with Crippen molar-refractivity contribution in [3.8, 4) is 11.5 Å². The lowest BCUT2D eigenvalue weighted by Gasteiger charge is -2.36. The number of para-hydroxylation sites is 1. The summed E-state index contributed by atoms with van der Waals surface area (Å²) in [5, 5.41) is 2.93. The van der Waals surface area contributed by atoms with E-state index in [0.717, 1.165) is 13.1 Å². The molecular weight excluding hydrogens is 318 g/mol. The molecule has 0 unspecified atom stereocenters. The molecule has 0 spiro atoms. The summed E-state index contributed by atoms with van der Waals surface area (Å²) in [6.45, 7) is 3.02. The highest BCUT2D eigenvalue weighted by Gasteiger charge is 2.21. The van der Waals surface area contributed by atoms with Gasteiger partial charge in [0, 0.05) is 43.6 Å². The number of ether oxygens (including phenoxy) is 2. The number of rotatable bonds is 4. The topological polar surface area (TPSA) is 54.0 Å². The number of nitrogens with zero attached hydrogens (tertiary/aromatic N) is 2. The molecule has 1 N–H and O–H groups in total. The van der Waals surface area contributed by atoms with Crippen LogP contribution in [0.1, 0.15) is 0 Å². The Morgan fingerprint density at radius 2 is 1.60 bits per heavy atom. The number of methoxy groups -OCH3 is 2. The van der Waals surface area contributed by atoms with E-state index in [-0.39, 0.29) is 6.03 Å². The third-order valence-corrected chi connectivity index (χ3v) is 4.32. The van der Waals surface area contributed by atoms with Gasteiger partial charge >= 0.3 is 6.03 Å². The SMILES string of the molecule is COc1ccc(NC(=O)N2CCN(c3ccccc3)CC2)cc1OC. The maximum Gasteiger partial charge on any atom is 0.321 e. The van der Waals surface area contributed by atoms with Crippen molar-refractivity contribution in [2.45, 2.75) is 0 Å². The van der Waals surface area contributed by atoms with Crippen LogP contribution in [0.4, 0.5) is 16.2 Å². The molecule has 0 radical (unpaired) electrons. The van der Waals surface area contributed by atoms with Crippen LogP contribution in [0, 0.1) is 0 Å². The van der Waals surface area contributed by atoms with Crippen LogP contribution >= 0.6 is 0 Å². The first-order valence-corrected chi connectivity index (χ1v) is 8.29. The first kappa shape index (κ1) is 17.0. The molecule has 1 heterocycles. The zero-order valence-electron chi connectivity index (χ0n) is 14.6. The monoisotopic (exact) mass is 341 g/mol. The lowest BCUT2D eigenvalue weighted by molar-refractivity contribution is 0.208. The molecule has 6 nitrogen and oxygen atoms in total. The molecule has 1 saturated heterocycles. The van der Waals surface area contributed by atoms with Crippen LogP contribution < -0.4 is 19.7 Å². The van der Waals surface area contributed by atoms with E-state index < -0.39 is 0 Å². The number of hydrogen-bond acceptors (Lipinski definition) is 4. The van der Waals surface area contributed by atoms with Gasteiger partial charge in [0.1, 0.15) is 0 Å². The second-order valence-corrected chi connectivity index (χ2v) is 5.81. The van der Waals surface area contributed by atoms with Gasteiger partial charge in [-0.2, -0.15) is 0 Å². The Kier molecular flexibility index (Phi) is 5.28. The Balaban J connectivity index is 1.58. The molecule has 2 aromatic carbocycles. The van der Waals surface area contributed by atoms with Gasteiger partial charge in [0.2, 0.25) is 0 Å². The van der Waals surface area contributed by atoms with Gasteiger partial charge in [-0.3, -0.25) is 0 Å². The van der Waals surface area contributed by atoms with E-state index >= 15 is 0 Å². The van der Waals surface area contributed by atoms with Crippen LogP contribution in [0.2, 0.25) is 0 Å². The Bertz CT molecular complexity index is 713. The number of benzene rings is 2. The molecule has 3 rings (SSSR count). The van der Waals surface area contributed by atoms with Crippen LogP contribution in [-0.4, -0.2) is 51.3 Å². The summed E-state index contributed by atoms with van der Waals surface area (Å²) in [5.74, 6) is 1.23. The molecule has 0 saturated carbocycles. The molecular formula is C19H23N3O3. The number of amides is 2. The van der Waals surface area contributed by atoms with Crippen molar-refractivity contribution in [1.82, 2.24) is 4.90 Å². The van der Waals surface area contributed by atoms with E-state index in [4.69, 9.17) is 9.47 Å². The summed E-state index contributed by atoms with van der Waals surface area (Å²) >= 11 is 0. The zero-order valence-corrected chi connectivity index (χ0v) is 14.6. The molecule has 2 amide bonds. The number of hydrogen-bond donors (Lipinski definition) is 1. The molecule has 0 atom stereocenters. The van der Waals surface area contributed by atoms with Crippen molar-refractivity contribution in [1.29, 1.82) is 0 Å². The van der Waals surface area contributed by atoms with Gasteiger partial charge in [-0.1, -0.05) is 18.2 Å². The smallest absolute Gasteiger partial charge is 0.321 e. The van der Waals surface area contributed by atoms with Crippen LogP contribution in [0.5, 0.6) is 11.5 Å². The lowest BCUT2D eigenvalue weighted by Crippen LogP contribution is -2.50. The quantitative estimate of drug-likeness (QED) is 0.929. The molecule has 0 aliphatic carbocycles. The van der Waals surface area contributed by atoms with Crippen LogP contribution in [0.15, 0.2) is 48.5 Å². The van der Waals surface area contributed by atoms with Gasteiger partial charge in [0.15, 0.2) is 11.5 Å². The van der Waals surface area contributed by atoms with Crippen molar-refractivity contribution in [3.05, 3.63) is 48.5 Å². The van der Waals surface area contributed by atoms with E-state index in [1.165, 1.54) is 5.69 Å². The van der Waals surface area contributed by atoms with Crippen LogP contribution in [0.25, 0.3) is 0 Å². The number of urea groups is 1. The predicted octanol–water partition coefficient (Wildman–Crippen LogP) is 3.06. The van der Waals surface area contributed by atoms with Gasteiger partial charge in [-0.25, -0.2) is 4.79 Å². The molecule has 6 heteroatoms. The van der Waals surface area contributed by atoms with Gasteiger partial charge in [-0.15, -0.1) is 0 Å². The van der Waals surface area contributed by atoms with Crippen LogP contribution in [0.3, 0.4) is 0 Å². The highest BCUT2D eigenvalue weighted by molar-refractivity contribution is 5.90. The molecule has 0 aromatic heterocycles. The zero-order chi connectivity index (χ0) is 17.6. The fourth-order valence-corrected chi connectivity index (χ4v) is 2.92. The lowest BCUT2D eigenvalue weighted by atomic mass is 10.2. The number of piperazine rings is 1. The molecule has 1 aliphatic heterocycles. The van der Waals surface area contributed by atoms with Gasteiger partial charge < -0.3 is 24.6 Å². The fourth-order valence-electron chi connectivity index (χ4n) is 2.92. The molecule has 0 bridgehead atoms. The standard InChI is InChI=1S/C19H23N3O3/c1-24-17-9-8-15(14-18(17)25-2)20-19(23)22-12-10-21(11-13-22)16-6-4-3-5-7-16/h3-9,14H,10-13H2,1-2H3,(H,20,23). The average Bonchev–Trinajstić information content (AvgIpc) is 2.68. The summed E-state index contributed by atoms with van der Waals surface area (Å²) in [6.07, 6.45) is 0. The maximum atomic E-state index is 12.5. The summed E-state index contributed by atoms with van der Waals surface area (Å²) in [5.41, 5.74) is 1.88. The van der Waals surface area contributed by atoms with Crippen LogP contribution in [-0.2, 0) is 0 Å². The van der Waals surface area contributed by atoms with Gasteiger partial charge in [-0.05, 0) is 24.3 Å². The third-order valence-electron chi connectivity index (χ3n) is 4.32. The fraction of sp³-hybridized carbons (Fsp3) is 0.316. The van der Waals surface area contributed by atoms with E-state index in [1.807, 2.05) is 23.1 Å². The van der Waals surface area contributed by atoms with Crippen molar-refractivity contribution < 1.29 is 14.3 Å². The second kappa shape index (κ2) is 7.79. The summed E-state index contributed by atoms with van der Waals surface area (Å²) in [6, 6.07) is 15.5. The van der Waals surface area contributed by atoms with Crippen molar-refractivity contribution in [2.75, 3.05) is 50.6 Å². The molecule has 25 heavy (non-hydrogen) atoms. The number of nitrogens with one attached hydrogen (secondary N) is 1. The maximum absolute atomic E-state index is 12.5. The number of anilines is 2. The molecule has 132 valence electrons. The van der Waals surface area contributed by atoms with E-state index in [9.17, 15) is 4.79 Å². The Morgan fingerprint density at radius 1 is 0.920 bits per heavy atom. The minimum Gasteiger partial charge on any atom is -0.493 e. The van der Waals surface area contributed by atoms with Crippen molar-refractivity contribution in [2.24, 2.45) is 0 Å². The first-order valence-electron chi connectivity index (χ1n) is 8.29. The highest BCUT2D eigenvalue weighted by Crippen LogP contribution is 2.29. The second-order valence-electron chi connectivity index (χ2n) is 5.81. The summed E-state index contributed by atoms with van der Waals surface area (Å²) in [4.78, 5) is 16.6. The van der Waals surface area contributed by atoms with Gasteiger partial charge in [0.05, 0.1) is 14.2 Å². The van der Waals surface area contributed by atoms with E-state index in [1.54, 1.807) is 32.4 Å².